The number of fused-ring (bicyclic) bond motifs is 3. The molecule has 0 amide bonds. The maximum atomic E-state index is 12.7. The predicted molar refractivity (Wildman–Crippen MR) is 110 cm³/mol. The van der Waals surface area contributed by atoms with Crippen LogP contribution in [-0.4, -0.2) is 11.0 Å². The average Bonchev–Trinajstić information content (AvgIpc) is 2.78. The van der Waals surface area contributed by atoms with E-state index in [1.807, 2.05) is 48.5 Å². The van der Waals surface area contributed by atoms with Gasteiger partial charge in [-0.1, -0.05) is 30.3 Å². The minimum atomic E-state index is -0.489. The lowest BCUT2D eigenvalue weighted by molar-refractivity contribution is -0.135. The third kappa shape index (κ3) is 3.33. The normalized spacial score (nSPS) is 15.5. The molecule has 1 aliphatic rings. The van der Waals surface area contributed by atoms with E-state index in [1.54, 1.807) is 24.4 Å². The standard InChI is InChI=1S/C24H17NO5/c26-21-13-19(22-23(30-21)18-6-1-2-7-20(18)29-24(22)27)15-8-10-17(11-9-15)28-14-16-5-3-4-12-25-16/h1-12,19H,13-14H2. The summed E-state index contributed by atoms with van der Waals surface area (Å²) in [5.41, 5.74) is 1.93. The molecular weight excluding hydrogens is 382 g/mol. The third-order valence-corrected chi connectivity index (χ3v) is 5.13. The molecule has 30 heavy (non-hydrogen) atoms. The highest BCUT2D eigenvalue weighted by atomic mass is 16.5. The summed E-state index contributed by atoms with van der Waals surface area (Å²) in [5, 5.41) is 0.612. The minimum absolute atomic E-state index is 0.0737. The number of benzene rings is 2. The van der Waals surface area contributed by atoms with Gasteiger partial charge in [0, 0.05) is 12.1 Å². The van der Waals surface area contributed by atoms with Crippen LogP contribution in [0.1, 0.15) is 29.2 Å². The van der Waals surface area contributed by atoms with Gasteiger partial charge in [0.05, 0.1) is 23.1 Å². The first kappa shape index (κ1) is 18.1. The molecule has 1 aliphatic heterocycles. The molecule has 1 unspecified atom stereocenters. The van der Waals surface area contributed by atoms with Crippen LogP contribution in [0.3, 0.4) is 0 Å². The van der Waals surface area contributed by atoms with Crippen LogP contribution < -0.4 is 15.1 Å². The van der Waals surface area contributed by atoms with Crippen molar-refractivity contribution >= 4 is 16.9 Å². The van der Waals surface area contributed by atoms with Gasteiger partial charge in [-0.25, -0.2) is 4.79 Å². The van der Waals surface area contributed by atoms with Crippen molar-refractivity contribution < 1.29 is 18.7 Å². The van der Waals surface area contributed by atoms with Crippen molar-refractivity contribution in [3.05, 3.63) is 100 Å². The number of pyridine rings is 1. The SMILES string of the molecule is O=C1CC(c2ccc(OCc3ccccn3)cc2)c2c(c3ccccc3oc2=O)O1. The van der Waals surface area contributed by atoms with Crippen LogP contribution in [0.25, 0.3) is 11.0 Å². The van der Waals surface area contributed by atoms with Crippen LogP contribution in [0.5, 0.6) is 11.5 Å². The van der Waals surface area contributed by atoms with Crippen LogP contribution in [0.2, 0.25) is 0 Å². The summed E-state index contributed by atoms with van der Waals surface area (Å²) < 4.78 is 16.7. The molecule has 6 heteroatoms. The molecule has 2 aromatic carbocycles. The van der Waals surface area contributed by atoms with Gasteiger partial charge in [0.1, 0.15) is 17.9 Å². The van der Waals surface area contributed by atoms with E-state index in [9.17, 15) is 9.59 Å². The zero-order chi connectivity index (χ0) is 20.5. The quantitative estimate of drug-likeness (QED) is 0.378. The van der Waals surface area contributed by atoms with Gasteiger partial charge >= 0.3 is 11.6 Å². The van der Waals surface area contributed by atoms with E-state index in [0.717, 1.165) is 11.3 Å². The molecule has 0 N–H and O–H groups in total. The summed E-state index contributed by atoms with van der Waals surface area (Å²) in [6.07, 6.45) is 1.79. The fraction of sp³-hybridized carbons (Fsp3) is 0.125. The number of hydrogen-bond donors (Lipinski definition) is 0. The second kappa shape index (κ2) is 7.48. The number of nitrogens with zero attached hydrogens (tertiary/aromatic N) is 1. The van der Waals surface area contributed by atoms with E-state index in [1.165, 1.54) is 0 Å². The number of hydrogen-bond acceptors (Lipinski definition) is 6. The first-order valence-corrected chi connectivity index (χ1v) is 9.58. The highest BCUT2D eigenvalue weighted by molar-refractivity contribution is 5.90. The molecule has 0 bridgehead atoms. The van der Waals surface area contributed by atoms with Crippen molar-refractivity contribution in [3.63, 3.8) is 0 Å². The highest BCUT2D eigenvalue weighted by Crippen LogP contribution is 2.40. The molecule has 0 aliphatic carbocycles. The molecule has 4 aromatic rings. The van der Waals surface area contributed by atoms with Gasteiger partial charge in [0.2, 0.25) is 0 Å². The Morgan fingerprint density at radius 2 is 1.77 bits per heavy atom. The van der Waals surface area contributed by atoms with Gasteiger partial charge in [0.25, 0.3) is 0 Å². The summed E-state index contributed by atoms with van der Waals surface area (Å²) in [4.78, 5) is 29.2. The van der Waals surface area contributed by atoms with E-state index in [-0.39, 0.29) is 12.4 Å². The average molecular weight is 399 g/mol. The number of para-hydroxylation sites is 1. The van der Waals surface area contributed by atoms with E-state index < -0.39 is 11.5 Å². The summed E-state index contributed by atoms with van der Waals surface area (Å²) in [6.45, 7) is 0.356. The smallest absolute Gasteiger partial charge is 0.343 e. The first-order valence-electron chi connectivity index (χ1n) is 9.58. The number of aromatic nitrogens is 1. The minimum Gasteiger partial charge on any atom is -0.487 e. The highest BCUT2D eigenvalue weighted by Gasteiger charge is 2.33. The monoisotopic (exact) mass is 399 g/mol. The number of esters is 1. The molecule has 3 heterocycles. The van der Waals surface area contributed by atoms with E-state index in [4.69, 9.17) is 13.9 Å². The molecular formula is C24H17NO5. The maximum absolute atomic E-state index is 12.7. The fourth-order valence-electron chi connectivity index (χ4n) is 3.69. The largest absolute Gasteiger partial charge is 0.487 e. The van der Waals surface area contributed by atoms with Crippen LogP contribution >= 0.6 is 0 Å². The van der Waals surface area contributed by atoms with Gasteiger partial charge in [-0.2, -0.15) is 0 Å². The molecule has 0 fully saturated rings. The molecule has 148 valence electrons. The Hall–Kier alpha value is -3.93. The summed E-state index contributed by atoms with van der Waals surface area (Å²) in [6, 6.07) is 20.0. The molecule has 1 atom stereocenters. The van der Waals surface area contributed by atoms with Crippen LogP contribution in [0, 0.1) is 0 Å². The molecule has 0 radical (unpaired) electrons. The molecule has 2 aromatic heterocycles. The van der Waals surface area contributed by atoms with Crippen molar-refractivity contribution in [1.82, 2.24) is 4.98 Å². The van der Waals surface area contributed by atoms with Crippen molar-refractivity contribution in [2.45, 2.75) is 18.9 Å². The lowest BCUT2D eigenvalue weighted by Gasteiger charge is -2.24. The summed E-state index contributed by atoms with van der Waals surface area (Å²) in [5.74, 6) is 0.151. The third-order valence-electron chi connectivity index (χ3n) is 5.13. The Labute approximate surface area is 171 Å². The van der Waals surface area contributed by atoms with Crippen molar-refractivity contribution in [1.29, 1.82) is 0 Å². The zero-order valence-corrected chi connectivity index (χ0v) is 15.9. The number of rotatable bonds is 4. The Morgan fingerprint density at radius 3 is 2.57 bits per heavy atom. The predicted octanol–water partition coefficient (Wildman–Crippen LogP) is 4.21. The van der Waals surface area contributed by atoms with Gasteiger partial charge in [-0.15, -0.1) is 0 Å². The molecule has 0 saturated heterocycles. The molecule has 5 rings (SSSR count). The van der Waals surface area contributed by atoms with E-state index in [2.05, 4.69) is 4.98 Å². The number of ether oxygens (including phenoxy) is 2. The van der Waals surface area contributed by atoms with Crippen molar-refractivity contribution in [2.24, 2.45) is 0 Å². The first-order chi connectivity index (χ1) is 14.7. The lowest BCUT2D eigenvalue weighted by Crippen LogP contribution is -2.26. The van der Waals surface area contributed by atoms with Gasteiger partial charge in [-0.05, 0) is 42.0 Å². The van der Waals surface area contributed by atoms with E-state index >= 15 is 0 Å². The van der Waals surface area contributed by atoms with Crippen LogP contribution in [-0.2, 0) is 11.4 Å². The van der Waals surface area contributed by atoms with Crippen LogP contribution in [0.15, 0.2) is 82.1 Å². The van der Waals surface area contributed by atoms with Crippen molar-refractivity contribution in [2.75, 3.05) is 0 Å². The van der Waals surface area contributed by atoms with Gasteiger partial charge in [0.15, 0.2) is 5.75 Å². The second-order valence-electron chi connectivity index (χ2n) is 7.04. The molecule has 0 saturated carbocycles. The Kier molecular flexibility index (Phi) is 4.52. The van der Waals surface area contributed by atoms with Gasteiger partial charge < -0.3 is 13.9 Å². The topological polar surface area (TPSA) is 78.6 Å². The fourth-order valence-corrected chi connectivity index (χ4v) is 3.69. The Balaban J connectivity index is 1.47. The Bertz CT molecular complexity index is 1280. The van der Waals surface area contributed by atoms with Gasteiger partial charge in [-0.3, -0.25) is 9.78 Å². The van der Waals surface area contributed by atoms with Crippen LogP contribution in [0.4, 0.5) is 0 Å². The second-order valence-corrected chi connectivity index (χ2v) is 7.04. The maximum Gasteiger partial charge on any atom is 0.343 e. The lowest BCUT2D eigenvalue weighted by atomic mass is 9.86. The molecule has 0 spiro atoms. The summed E-state index contributed by atoms with van der Waals surface area (Å²) >= 11 is 0. The van der Waals surface area contributed by atoms with Crippen molar-refractivity contribution in [3.8, 4) is 11.5 Å². The zero-order valence-electron chi connectivity index (χ0n) is 15.9. The number of carbonyl (C=O) groups excluding carboxylic acids is 1. The Morgan fingerprint density at radius 1 is 0.967 bits per heavy atom. The van der Waals surface area contributed by atoms with E-state index in [0.29, 0.717) is 34.6 Å². The molecule has 6 nitrogen and oxygen atoms in total. The number of carbonyl (C=O) groups is 1. The summed E-state index contributed by atoms with van der Waals surface area (Å²) in [7, 11) is 0.